The SMILES string of the molecule is CC1(NC2CCC3=CC4=CCC5C(c6ccc7ccncc7c6)CC[C@H]5[C@@]45CC[C@]3(C2)O5)COC1. The molecule has 1 aromatic heterocycles. The zero-order valence-electron chi connectivity index (χ0n) is 20.8. The lowest BCUT2D eigenvalue weighted by molar-refractivity contribution is -0.128. The first-order chi connectivity index (χ1) is 17.1. The van der Waals surface area contributed by atoms with Crippen molar-refractivity contribution in [2.75, 3.05) is 13.2 Å². The molecule has 182 valence electrons. The Labute approximate surface area is 208 Å². The van der Waals surface area contributed by atoms with Gasteiger partial charge < -0.3 is 14.8 Å². The Kier molecular flexibility index (Phi) is 4.39. The number of ether oxygens (including phenoxy) is 2. The highest BCUT2D eigenvalue weighted by Gasteiger charge is 2.63. The molecule has 4 heteroatoms. The van der Waals surface area contributed by atoms with Gasteiger partial charge in [-0.05, 0) is 110 Å². The van der Waals surface area contributed by atoms with E-state index in [0.717, 1.165) is 19.6 Å². The maximum atomic E-state index is 7.43. The molecule has 8 rings (SSSR count). The molecule has 1 aromatic carbocycles. The summed E-state index contributed by atoms with van der Waals surface area (Å²) in [5.41, 5.74) is 4.68. The second-order valence-corrected chi connectivity index (χ2v) is 12.6. The first kappa shape index (κ1) is 21.1. The molecule has 0 amide bonds. The highest BCUT2D eigenvalue weighted by atomic mass is 16.5. The monoisotopic (exact) mass is 468 g/mol. The van der Waals surface area contributed by atoms with Crippen molar-refractivity contribution in [2.45, 2.75) is 87.0 Å². The topological polar surface area (TPSA) is 43.4 Å². The third-order valence-corrected chi connectivity index (χ3v) is 10.5. The second-order valence-electron chi connectivity index (χ2n) is 12.6. The van der Waals surface area contributed by atoms with E-state index in [9.17, 15) is 0 Å². The van der Waals surface area contributed by atoms with Gasteiger partial charge in [0.2, 0.25) is 0 Å². The van der Waals surface area contributed by atoms with Gasteiger partial charge in [0.1, 0.15) is 0 Å². The summed E-state index contributed by atoms with van der Waals surface area (Å²) >= 11 is 0. The molecule has 3 aliphatic carbocycles. The number of fused-ring (bicyclic) bond motifs is 2. The van der Waals surface area contributed by atoms with Crippen LogP contribution >= 0.6 is 0 Å². The summed E-state index contributed by atoms with van der Waals surface area (Å²) < 4.78 is 12.9. The second kappa shape index (κ2) is 7.27. The van der Waals surface area contributed by atoms with Crippen molar-refractivity contribution < 1.29 is 9.47 Å². The van der Waals surface area contributed by atoms with Gasteiger partial charge in [0.05, 0.1) is 30.0 Å². The molecule has 2 saturated carbocycles. The smallest absolute Gasteiger partial charge is 0.0972 e. The highest BCUT2D eigenvalue weighted by Crippen LogP contribution is 2.65. The number of rotatable bonds is 3. The van der Waals surface area contributed by atoms with Gasteiger partial charge in [-0.25, -0.2) is 0 Å². The fraction of sp³-hybridized carbons (Fsp3) is 0.581. The summed E-state index contributed by atoms with van der Waals surface area (Å²) in [6.45, 7) is 3.99. The van der Waals surface area contributed by atoms with Gasteiger partial charge in [-0.3, -0.25) is 4.98 Å². The Morgan fingerprint density at radius 3 is 2.89 bits per heavy atom. The third kappa shape index (κ3) is 3.00. The molecule has 2 saturated heterocycles. The largest absolute Gasteiger partial charge is 0.377 e. The molecule has 4 heterocycles. The summed E-state index contributed by atoms with van der Waals surface area (Å²) in [4.78, 5) is 4.37. The van der Waals surface area contributed by atoms with Crippen LogP contribution in [0.3, 0.4) is 0 Å². The Hall–Kier alpha value is -2.01. The lowest BCUT2D eigenvalue weighted by atomic mass is 9.66. The van der Waals surface area contributed by atoms with Crippen LogP contribution in [0.15, 0.2) is 60.0 Å². The summed E-state index contributed by atoms with van der Waals surface area (Å²) in [6, 6.07) is 9.73. The van der Waals surface area contributed by atoms with Crippen molar-refractivity contribution in [3.05, 3.63) is 65.5 Å². The number of allylic oxidation sites excluding steroid dienone is 1. The molecule has 2 spiro atoms. The van der Waals surface area contributed by atoms with E-state index in [-0.39, 0.29) is 16.7 Å². The minimum atomic E-state index is -0.0507. The van der Waals surface area contributed by atoms with Gasteiger partial charge in [0, 0.05) is 23.8 Å². The van der Waals surface area contributed by atoms with Crippen LogP contribution in [0, 0.1) is 11.8 Å². The maximum absolute atomic E-state index is 7.43. The quantitative estimate of drug-likeness (QED) is 0.615. The van der Waals surface area contributed by atoms with E-state index in [2.05, 4.69) is 53.6 Å². The van der Waals surface area contributed by atoms with Crippen molar-refractivity contribution in [1.29, 1.82) is 0 Å². The van der Waals surface area contributed by atoms with Gasteiger partial charge in [0.25, 0.3) is 0 Å². The molecule has 4 fully saturated rings. The van der Waals surface area contributed by atoms with Crippen LogP contribution in [0.4, 0.5) is 0 Å². The minimum absolute atomic E-state index is 0.0389. The predicted molar refractivity (Wildman–Crippen MR) is 137 cm³/mol. The van der Waals surface area contributed by atoms with Crippen molar-refractivity contribution in [3.8, 4) is 0 Å². The van der Waals surface area contributed by atoms with Crippen LogP contribution < -0.4 is 5.32 Å². The molecule has 6 aliphatic rings. The Morgan fingerprint density at radius 1 is 1.06 bits per heavy atom. The van der Waals surface area contributed by atoms with Gasteiger partial charge in [-0.15, -0.1) is 0 Å². The van der Waals surface area contributed by atoms with Crippen LogP contribution in [0.1, 0.15) is 69.8 Å². The van der Waals surface area contributed by atoms with E-state index >= 15 is 0 Å². The van der Waals surface area contributed by atoms with Crippen LogP contribution in [0.2, 0.25) is 0 Å². The first-order valence-electron chi connectivity index (χ1n) is 13.9. The average Bonchev–Trinajstić information content (AvgIpc) is 3.42. The highest BCUT2D eigenvalue weighted by molar-refractivity contribution is 5.82. The van der Waals surface area contributed by atoms with E-state index in [0.29, 0.717) is 23.8 Å². The van der Waals surface area contributed by atoms with Crippen molar-refractivity contribution in [1.82, 2.24) is 10.3 Å². The summed E-state index contributed by atoms with van der Waals surface area (Å²) in [7, 11) is 0. The lowest BCUT2D eigenvalue weighted by Crippen LogP contribution is -2.63. The number of nitrogens with one attached hydrogen (secondary N) is 1. The van der Waals surface area contributed by atoms with Gasteiger partial charge in [0.15, 0.2) is 0 Å². The summed E-state index contributed by atoms with van der Waals surface area (Å²) in [5, 5.41) is 6.51. The van der Waals surface area contributed by atoms with Gasteiger partial charge >= 0.3 is 0 Å². The minimum Gasteiger partial charge on any atom is -0.377 e. The molecule has 2 aromatic rings. The molecule has 2 bridgehead atoms. The number of aromatic nitrogens is 1. The number of benzene rings is 1. The fourth-order valence-corrected chi connectivity index (χ4v) is 8.91. The van der Waals surface area contributed by atoms with Gasteiger partial charge in [-0.2, -0.15) is 0 Å². The number of nitrogens with zero attached hydrogens (tertiary/aromatic N) is 1. The Morgan fingerprint density at radius 2 is 2.00 bits per heavy atom. The normalized spacial score (nSPS) is 40.8. The van der Waals surface area contributed by atoms with Gasteiger partial charge in [-0.1, -0.05) is 24.3 Å². The van der Waals surface area contributed by atoms with E-state index < -0.39 is 0 Å². The predicted octanol–water partition coefficient (Wildman–Crippen LogP) is 5.83. The molecule has 1 N–H and O–H groups in total. The number of hydrogen-bond donors (Lipinski definition) is 1. The number of hydrogen-bond acceptors (Lipinski definition) is 4. The summed E-state index contributed by atoms with van der Waals surface area (Å²) in [5.74, 6) is 1.95. The van der Waals surface area contributed by atoms with Crippen LogP contribution in [-0.2, 0) is 9.47 Å². The third-order valence-electron chi connectivity index (χ3n) is 10.5. The van der Waals surface area contributed by atoms with Crippen LogP contribution in [0.25, 0.3) is 10.8 Å². The molecular formula is C31H36N2O2. The Balaban J connectivity index is 1.10. The Bertz CT molecular complexity index is 1260. The molecule has 0 radical (unpaired) electrons. The fourth-order valence-electron chi connectivity index (χ4n) is 8.91. The maximum Gasteiger partial charge on any atom is 0.0972 e. The molecule has 6 atom stereocenters. The molecule has 35 heavy (non-hydrogen) atoms. The van der Waals surface area contributed by atoms with Crippen molar-refractivity contribution >= 4 is 10.8 Å². The van der Waals surface area contributed by atoms with Crippen LogP contribution in [-0.4, -0.2) is 41.0 Å². The molecule has 3 unspecified atom stereocenters. The molecular weight excluding hydrogens is 432 g/mol. The van der Waals surface area contributed by atoms with E-state index in [1.165, 1.54) is 66.9 Å². The zero-order chi connectivity index (χ0) is 23.3. The van der Waals surface area contributed by atoms with Crippen molar-refractivity contribution in [3.63, 3.8) is 0 Å². The molecule has 4 nitrogen and oxygen atoms in total. The molecule has 3 aliphatic heterocycles. The first-order valence-corrected chi connectivity index (χ1v) is 13.9. The standard InChI is InChI=1S/C31H36N2O2/c1-29(18-34-19-29)33-25-6-4-23-15-24-5-7-27-26(21-3-2-20-10-13-32-17-22(20)14-21)8-9-28(27)31(24)12-11-30(23,16-25)35-31/h2-3,5,10,13-15,17,25-28,33H,4,6-9,11-12,16,18-19H2,1H3/t25?,26?,27?,28-,30-,31-/m1/s1. The summed E-state index contributed by atoms with van der Waals surface area (Å²) in [6.07, 6.45) is 18.7. The van der Waals surface area contributed by atoms with E-state index in [4.69, 9.17) is 9.47 Å². The van der Waals surface area contributed by atoms with Crippen molar-refractivity contribution in [2.24, 2.45) is 11.8 Å². The van der Waals surface area contributed by atoms with Crippen LogP contribution in [0.5, 0.6) is 0 Å². The lowest BCUT2D eigenvalue weighted by Gasteiger charge is -2.52. The average molecular weight is 469 g/mol. The zero-order valence-corrected chi connectivity index (χ0v) is 20.8. The van der Waals surface area contributed by atoms with E-state index in [1.807, 2.05) is 12.4 Å². The van der Waals surface area contributed by atoms with E-state index in [1.54, 1.807) is 5.57 Å². The number of pyridine rings is 1.